The van der Waals surface area contributed by atoms with Crippen LogP contribution in [0.25, 0.3) is 0 Å². The average Bonchev–Trinajstić information content (AvgIpc) is 2.85. The number of carbonyl (C=O) groups is 1. The Bertz CT molecular complexity index is 889. The number of anilines is 1. The molecule has 0 unspecified atom stereocenters. The van der Waals surface area contributed by atoms with E-state index in [2.05, 4.69) is 32.8 Å². The molecule has 32 heavy (non-hydrogen) atoms. The molecule has 0 N–H and O–H groups in total. The second-order valence-electron chi connectivity index (χ2n) is 8.71. The fourth-order valence-corrected chi connectivity index (χ4v) is 4.47. The maximum Gasteiger partial charge on any atom is 0.341 e. The number of benzene rings is 1. The molecule has 172 valence electrons. The number of ether oxygens (including phenoxy) is 2. The SMILES string of the molecule is CCc1cnc(N2CCC(Oc3ccc(CN4CCCCC4)cc3C(=O)OC)CC2)nc1. The summed E-state index contributed by atoms with van der Waals surface area (Å²) >= 11 is 0. The van der Waals surface area contributed by atoms with E-state index in [4.69, 9.17) is 9.47 Å². The van der Waals surface area contributed by atoms with E-state index in [9.17, 15) is 4.79 Å². The lowest BCUT2D eigenvalue weighted by molar-refractivity contribution is 0.0591. The summed E-state index contributed by atoms with van der Waals surface area (Å²) in [4.78, 5) is 26.1. The summed E-state index contributed by atoms with van der Waals surface area (Å²) in [5, 5.41) is 0. The highest BCUT2D eigenvalue weighted by molar-refractivity contribution is 5.92. The molecule has 2 fully saturated rings. The highest BCUT2D eigenvalue weighted by Crippen LogP contribution is 2.27. The summed E-state index contributed by atoms with van der Waals surface area (Å²) in [7, 11) is 1.42. The number of hydrogen-bond donors (Lipinski definition) is 0. The monoisotopic (exact) mass is 438 g/mol. The van der Waals surface area contributed by atoms with Crippen LogP contribution >= 0.6 is 0 Å². The molecule has 0 radical (unpaired) electrons. The van der Waals surface area contributed by atoms with Crippen LogP contribution < -0.4 is 9.64 Å². The molecule has 7 heteroatoms. The van der Waals surface area contributed by atoms with Crippen LogP contribution in [-0.4, -0.2) is 60.2 Å². The number of piperidine rings is 2. The molecule has 2 saturated heterocycles. The van der Waals surface area contributed by atoms with Crippen molar-refractivity contribution in [2.45, 2.75) is 58.1 Å². The molecule has 0 bridgehead atoms. The van der Waals surface area contributed by atoms with E-state index in [0.717, 1.165) is 69.1 Å². The van der Waals surface area contributed by atoms with Crippen LogP contribution in [-0.2, 0) is 17.7 Å². The lowest BCUT2D eigenvalue weighted by atomic mass is 10.1. The standard InChI is InChI=1S/C25H34N4O3/c1-3-19-16-26-25(27-17-19)29-13-9-21(10-14-29)32-23-8-7-20(15-22(23)24(30)31-2)18-28-11-5-4-6-12-28/h7-8,15-17,21H,3-6,9-14,18H2,1-2H3. The van der Waals surface area contributed by atoms with Crippen LogP contribution in [0.15, 0.2) is 30.6 Å². The number of esters is 1. The van der Waals surface area contributed by atoms with E-state index < -0.39 is 0 Å². The fourth-order valence-electron chi connectivity index (χ4n) is 4.47. The number of rotatable bonds is 7. The molecule has 0 aliphatic carbocycles. The summed E-state index contributed by atoms with van der Waals surface area (Å²) in [6, 6.07) is 5.95. The van der Waals surface area contributed by atoms with Crippen molar-refractivity contribution in [2.75, 3.05) is 38.2 Å². The molecule has 0 amide bonds. The fraction of sp³-hybridized carbons (Fsp3) is 0.560. The maximum absolute atomic E-state index is 12.5. The van der Waals surface area contributed by atoms with Crippen molar-refractivity contribution < 1.29 is 14.3 Å². The highest BCUT2D eigenvalue weighted by atomic mass is 16.5. The average molecular weight is 439 g/mol. The van der Waals surface area contributed by atoms with E-state index in [1.54, 1.807) is 0 Å². The molecule has 0 saturated carbocycles. The van der Waals surface area contributed by atoms with Crippen molar-refractivity contribution >= 4 is 11.9 Å². The van der Waals surface area contributed by atoms with Crippen molar-refractivity contribution in [3.05, 3.63) is 47.3 Å². The van der Waals surface area contributed by atoms with E-state index in [1.165, 1.54) is 26.4 Å². The van der Waals surface area contributed by atoms with Crippen molar-refractivity contribution in [1.29, 1.82) is 0 Å². The quantitative estimate of drug-likeness (QED) is 0.608. The first-order valence-corrected chi connectivity index (χ1v) is 11.8. The zero-order valence-electron chi connectivity index (χ0n) is 19.3. The van der Waals surface area contributed by atoms with E-state index in [-0.39, 0.29) is 12.1 Å². The molecule has 0 spiro atoms. The van der Waals surface area contributed by atoms with Gasteiger partial charge in [-0.2, -0.15) is 0 Å². The molecule has 1 aromatic carbocycles. The lowest BCUT2D eigenvalue weighted by Gasteiger charge is -2.32. The third-order valence-electron chi connectivity index (χ3n) is 6.42. The van der Waals surface area contributed by atoms with Gasteiger partial charge in [-0.05, 0) is 55.6 Å². The minimum Gasteiger partial charge on any atom is -0.489 e. The van der Waals surface area contributed by atoms with Crippen molar-refractivity contribution in [1.82, 2.24) is 14.9 Å². The summed E-state index contributed by atoms with van der Waals surface area (Å²) in [5.41, 5.74) is 2.79. The Morgan fingerprint density at radius 1 is 1.03 bits per heavy atom. The van der Waals surface area contributed by atoms with Gasteiger partial charge in [-0.25, -0.2) is 14.8 Å². The molecule has 2 aliphatic rings. The number of carbonyl (C=O) groups excluding carboxylic acids is 1. The molecule has 2 aliphatic heterocycles. The van der Waals surface area contributed by atoms with E-state index >= 15 is 0 Å². The van der Waals surface area contributed by atoms with Gasteiger partial charge in [-0.3, -0.25) is 4.90 Å². The van der Waals surface area contributed by atoms with Crippen LogP contribution in [0.1, 0.15) is 60.5 Å². The first-order valence-electron chi connectivity index (χ1n) is 11.8. The van der Waals surface area contributed by atoms with Gasteiger partial charge < -0.3 is 14.4 Å². The molecular formula is C25H34N4O3. The predicted octanol–water partition coefficient (Wildman–Crippen LogP) is 3.86. The first-order chi connectivity index (χ1) is 15.7. The van der Waals surface area contributed by atoms with Gasteiger partial charge in [-0.1, -0.05) is 19.4 Å². The molecule has 3 heterocycles. The Labute approximate surface area is 190 Å². The number of aromatic nitrogens is 2. The van der Waals surface area contributed by atoms with Gasteiger partial charge in [0.2, 0.25) is 5.95 Å². The Balaban J connectivity index is 1.39. The van der Waals surface area contributed by atoms with Crippen LogP contribution in [0, 0.1) is 0 Å². The number of aryl methyl sites for hydroxylation is 1. The highest BCUT2D eigenvalue weighted by Gasteiger charge is 2.24. The summed E-state index contributed by atoms with van der Waals surface area (Å²) in [5.74, 6) is 1.04. The minimum atomic E-state index is -0.345. The zero-order valence-corrected chi connectivity index (χ0v) is 19.3. The van der Waals surface area contributed by atoms with Crippen molar-refractivity contribution in [3.63, 3.8) is 0 Å². The normalized spacial score (nSPS) is 17.9. The van der Waals surface area contributed by atoms with Gasteiger partial charge >= 0.3 is 5.97 Å². The predicted molar refractivity (Wildman–Crippen MR) is 124 cm³/mol. The van der Waals surface area contributed by atoms with Gasteiger partial charge in [0.05, 0.1) is 7.11 Å². The van der Waals surface area contributed by atoms with Crippen LogP contribution in [0.3, 0.4) is 0 Å². The number of methoxy groups -OCH3 is 1. The molecular weight excluding hydrogens is 404 g/mol. The van der Waals surface area contributed by atoms with Crippen LogP contribution in [0.5, 0.6) is 5.75 Å². The van der Waals surface area contributed by atoms with Crippen molar-refractivity contribution in [3.8, 4) is 5.75 Å². The molecule has 7 nitrogen and oxygen atoms in total. The minimum absolute atomic E-state index is 0.0533. The number of hydrogen-bond acceptors (Lipinski definition) is 7. The Hall–Kier alpha value is -2.67. The van der Waals surface area contributed by atoms with Crippen molar-refractivity contribution in [2.24, 2.45) is 0 Å². The Morgan fingerprint density at radius 3 is 2.41 bits per heavy atom. The summed E-state index contributed by atoms with van der Waals surface area (Å²) < 4.78 is 11.3. The third-order valence-corrected chi connectivity index (χ3v) is 6.42. The van der Waals surface area contributed by atoms with Gasteiger partial charge in [0.1, 0.15) is 17.4 Å². The number of nitrogens with zero attached hydrogens (tertiary/aromatic N) is 4. The van der Waals surface area contributed by atoms with Gasteiger partial charge in [-0.15, -0.1) is 0 Å². The Morgan fingerprint density at radius 2 is 1.75 bits per heavy atom. The Kier molecular flexibility index (Phi) is 7.58. The third kappa shape index (κ3) is 5.57. The maximum atomic E-state index is 12.5. The second-order valence-corrected chi connectivity index (χ2v) is 8.71. The molecule has 0 atom stereocenters. The molecule has 1 aromatic heterocycles. The summed E-state index contributed by atoms with van der Waals surface area (Å²) in [6.45, 7) is 6.86. The smallest absolute Gasteiger partial charge is 0.341 e. The van der Waals surface area contributed by atoms with Crippen LogP contribution in [0.2, 0.25) is 0 Å². The molecule has 2 aromatic rings. The topological polar surface area (TPSA) is 67.8 Å². The lowest BCUT2D eigenvalue weighted by Crippen LogP contribution is -2.39. The molecule has 4 rings (SSSR count). The number of likely N-dealkylation sites (tertiary alicyclic amines) is 1. The summed E-state index contributed by atoms with van der Waals surface area (Å²) in [6.07, 6.45) is 10.3. The van der Waals surface area contributed by atoms with E-state index in [1.807, 2.05) is 24.5 Å². The zero-order chi connectivity index (χ0) is 22.3. The van der Waals surface area contributed by atoms with E-state index in [0.29, 0.717) is 11.3 Å². The largest absolute Gasteiger partial charge is 0.489 e. The van der Waals surface area contributed by atoms with Gasteiger partial charge in [0.15, 0.2) is 0 Å². The second kappa shape index (κ2) is 10.8. The first kappa shape index (κ1) is 22.5. The van der Waals surface area contributed by atoms with Gasteiger partial charge in [0.25, 0.3) is 0 Å². The van der Waals surface area contributed by atoms with Crippen LogP contribution in [0.4, 0.5) is 5.95 Å². The van der Waals surface area contributed by atoms with Gasteiger partial charge in [0, 0.05) is 44.9 Å².